The van der Waals surface area contributed by atoms with Crippen molar-refractivity contribution in [2.75, 3.05) is 18.1 Å². The highest BCUT2D eigenvalue weighted by Gasteiger charge is 2.40. The molecule has 0 radical (unpaired) electrons. The van der Waals surface area contributed by atoms with E-state index in [1.165, 1.54) is 75.9 Å². The number of anilines is 1. The summed E-state index contributed by atoms with van der Waals surface area (Å²) in [4.78, 5) is 26.5. The zero-order chi connectivity index (χ0) is 25.4. The number of ketones is 1. The minimum absolute atomic E-state index is 0.0153. The summed E-state index contributed by atoms with van der Waals surface area (Å²) in [5, 5.41) is 0. The Labute approximate surface area is 207 Å². The molecule has 5 rings (SSSR count). The van der Waals surface area contributed by atoms with Crippen LogP contribution in [0.25, 0.3) is 0 Å². The van der Waals surface area contributed by atoms with Crippen molar-refractivity contribution in [3.63, 3.8) is 0 Å². The summed E-state index contributed by atoms with van der Waals surface area (Å²) in [6, 6.07) is 14.7. The van der Waals surface area contributed by atoms with E-state index in [2.05, 4.69) is 0 Å². The van der Waals surface area contributed by atoms with Gasteiger partial charge in [-0.1, -0.05) is 12.1 Å². The third-order valence-corrected chi connectivity index (χ3v) is 8.33. The quantitative estimate of drug-likeness (QED) is 0.448. The fourth-order valence-corrected chi connectivity index (χ4v) is 6.23. The van der Waals surface area contributed by atoms with Gasteiger partial charge in [0, 0.05) is 6.54 Å². The van der Waals surface area contributed by atoms with Gasteiger partial charge < -0.3 is 9.64 Å². The average molecular weight is 513 g/mol. The van der Waals surface area contributed by atoms with E-state index in [0.717, 1.165) is 0 Å². The number of hydrogen-bond acceptors (Lipinski definition) is 5. The lowest BCUT2D eigenvalue weighted by atomic mass is 10.1. The van der Waals surface area contributed by atoms with Crippen molar-refractivity contribution in [1.82, 2.24) is 4.31 Å². The summed E-state index contributed by atoms with van der Waals surface area (Å²) in [7, 11) is -3.97. The van der Waals surface area contributed by atoms with Crippen molar-refractivity contribution in [2.45, 2.75) is 30.3 Å². The minimum Gasteiger partial charge on any atom is -0.492 e. The molecule has 36 heavy (non-hydrogen) atoms. The highest BCUT2D eigenvalue weighted by atomic mass is 32.2. The van der Waals surface area contributed by atoms with Gasteiger partial charge in [-0.3, -0.25) is 9.59 Å². The van der Waals surface area contributed by atoms with Crippen LogP contribution in [0.4, 0.5) is 14.5 Å². The van der Waals surface area contributed by atoms with Gasteiger partial charge >= 0.3 is 0 Å². The van der Waals surface area contributed by atoms with E-state index in [0.29, 0.717) is 36.4 Å². The van der Waals surface area contributed by atoms with Gasteiger partial charge in [0.2, 0.25) is 10.0 Å². The number of Topliss-reactive ketones (excluding diaryl/α,β-unsaturated/α-hetero) is 1. The Balaban J connectivity index is 1.36. The van der Waals surface area contributed by atoms with E-state index in [4.69, 9.17) is 4.74 Å². The van der Waals surface area contributed by atoms with Crippen molar-refractivity contribution in [3.05, 3.63) is 89.5 Å². The number of rotatable bonds is 7. The predicted octanol–water partition coefficient (Wildman–Crippen LogP) is 3.93. The van der Waals surface area contributed by atoms with Gasteiger partial charge in [-0.15, -0.1) is 0 Å². The molecule has 1 atom stereocenters. The second kappa shape index (κ2) is 9.44. The number of carbonyl (C=O) groups excluding carboxylic acids is 2. The SMILES string of the molecule is O=C1C(=O)N(Cc2ccc(F)cc2)c2ccc(S(=O)(=O)N3CCC[C@H]3COc3ccc(F)cc3)cc21. The molecule has 1 fully saturated rings. The Morgan fingerprint density at radius 3 is 2.28 bits per heavy atom. The second-order valence-corrected chi connectivity index (χ2v) is 10.6. The van der Waals surface area contributed by atoms with Gasteiger partial charge in [-0.2, -0.15) is 4.31 Å². The number of halogens is 2. The Morgan fingerprint density at radius 1 is 0.917 bits per heavy atom. The molecule has 0 saturated carbocycles. The molecule has 1 amide bonds. The summed E-state index contributed by atoms with van der Waals surface area (Å²) < 4.78 is 60.3. The zero-order valence-corrected chi connectivity index (χ0v) is 19.9. The Morgan fingerprint density at radius 2 is 1.58 bits per heavy atom. The maximum absolute atomic E-state index is 13.5. The third-order valence-electron chi connectivity index (χ3n) is 6.38. The lowest BCUT2D eigenvalue weighted by Crippen LogP contribution is -2.39. The number of carbonyl (C=O) groups is 2. The van der Waals surface area contributed by atoms with Crippen LogP contribution in [-0.4, -0.2) is 43.6 Å². The van der Waals surface area contributed by atoms with Crippen LogP contribution in [0.1, 0.15) is 28.8 Å². The number of benzene rings is 3. The molecule has 2 aliphatic heterocycles. The lowest BCUT2D eigenvalue weighted by molar-refractivity contribution is -0.114. The molecule has 0 unspecified atom stereocenters. The van der Waals surface area contributed by atoms with Crippen molar-refractivity contribution in [2.24, 2.45) is 0 Å². The molecule has 3 aromatic carbocycles. The average Bonchev–Trinajstić information content (AvgIpc) is 3.44. The van der Waals surface area contributed by atoms with Crippen LogP contribution in [0, 0.1) is 11.6 Å². The fourth-order valence-electron chi connectivity index (χ4n) is 4.52. The molecule has 0 spiro atoms. The summed E-state index contributed by atoms with van der Waals surface area (Å²) in [5.41, 5.74) is 0.954. The van der Waals surface area contributed by atoms with Gasteiger partial charge in [0.25, 0.3) is 11.7 Å². The Kier molecular flexibility index (Phi) is 6.31. The smallest absolute Gasteiger partial charge is 0.299 e. The number of amides is 1. The molecule has 7 nitrogen and oxygen atoms in total. The topological polar surface area (TPSA) is 84.0 Å². The van der Waals surface area contributed by atoms with E-state index in [1.807, 2.05) is 0 Å². The summed E-state index contributed by atoms with van der Waals surface area (Å²) in [5.74, 6) is -1.93. The first-order valence-electron chi connectivity index (χ1n) is 11.4. The Bertz CT molecular complexity index is 1430. The fraction of sp³-hybridized carbons (Fsp3) is 0.231. The molecule has 0 aromatic heterocycles. The molecule has 186 valence electrons. The molecule has 0 bridgehead atoms. The van der Waals surface area contributed by atoms with Crippen LogP contribution < -0.4 is 9.64 Å². The van der Waals surface area contributed by atoms with Crippen LogP contribution in [-0.2, 0) is 21.4 Å². The molecule has 2 heterocycles. The van der Waals surface area contributed by atoms with Crippen molar-refractivity contribution >= 4 is 27.4 Å². The maximum Gasteiger partial charge on any atom is 0.299 e. The molecular formula is C26H22F2N2O5S. The molecular weight excluding hydrogens is 490 g/mol. The number of fused-ring (bicyclic) bond motifs is 1. The van der Waals surface area contributed by atoms with Gasteiger partial charge in [-0.05, 0) is 73.0 Å². The van der Waals surface area contributed by atoms with Crippen LogP contribution in [0.3, 0.4) is 0 Å². The van der Waals surface area contributed by atoms with E-state index >= 15 is 0 Å². The number of nitrogens with zero attached hydrogens (tertiary/aromatic N) is 2. The Hall–Kier alpha value is -3.63. The number of hydrogen-bond donors (Lipinski definition) is 0. The van der Waals surface area contributed by atoms with Gasteiger partial charge in [-0.25, -0.2) is 17.2 Å². The second-order valence-electron chi connectivity index (χ2n) is 8.70. The van der Waals surface area contributed by atoms with E-state index in [9.17, 15) is 26.8 Å². The monoisotopic (exact) mass is 512 g/mol. The van der Waals surface area contributed by atoms with Crippen LogP contribution in [0.5, 0.6) is 5.75 Å². The molecule has 0 N–H and O–H groups in total. The number of sulfonamides is 1. The predicted molar refractivity (Wildman–Crippen MR) is 127 cm³/mol. The van der Waals surface area contributed by atoms with Crippen molar-refractivity contribution in [1.29, 1.82) is 0 Å². The van der Waals surface area contributed by atoms with Gasteiger partial charge in [0.05, 0.1) is 28.7 Å². The first kappa shape index (κ1) is 24.1. The van der Waals surface area contributed by atoms with Crippen LogP contribution in [0.15, 0.2) is 71.6 Å². The van der Waals surface area contributed by atoms with Crippen molar-refractivity contribution in [3.8, 4) is 5.75 Å². The number of ether oxygens (including phenoxy) is 1. The molecule has 2 aliphatic rings. The van der Waals surface area contributed by atoms with E-state index in [1.54, 1.807) is 0 Å². The lowest BCUT2D eigenvalue weighted by Gasteiger charge is -2.24. The highest BCUT2D eigenvalue weighted by Crippen LogP contribution is 2.34. The first-order valence-corrected chi connectivity index (χ1v) is 12.8. The van der Waals surface area contributed by atoms with Gasteiger partial charge in [0.15, 0.2) is 0 Å². The standard InChI is InChI=1S/C26H22F2N2O5S/c27-18-5-3-17(4-6-18)15-29-24-12-11-22(14-23(24)25(31)26(29)32)36(33,34)30-13-1-2-20(30)16-35-21-9-7-19(28)8-10-21/h3-12,14,20H,1-2,13,15-16H2/t20-/m0/s1. The molecule has 10 heteroatoms. The minimum atomic E-state index is -3.97. The molecule has 0 aliphatic carbocycles. The summed E-state index contributed by atoms with van der Waals surface area (Å²) in [6.07, 6.45) is 1.23. The van der Waals surface area contributed by atoms with Crippen LogP contribution in [0.2, 0.25) is 0 Å². The normalized spacial score (nSPS) is 18.1. The van der Waals surface area contributed by atoms with Crippen LogP contribution >= 0.6 is 0 Å². The van der Waals surface area contributed by atoms with E-state index in [-0.39, 0.29) is 23.6 Å². The van der Waals surface area contributed by atoms with Gasteiger partial charge in [0.1, 0.15) is 24.0 Å². The van der Waals surface area contributed by atoms with Crippen molar-refractivity contribution < 1.29 is 31.5 Å². The largest absolute Gasteiger partial charge is 0.492 e. The third kappa shape index (κ3) is 4.49. The first-order chi connectivity index (χ1) is 17.2. The summed E-state index contributed by atoms with van der Waals surface area (Å²) in [6.45, 7) is 0.442. The molecule has 3 aromatic rings. The summed E-state index contributed by atoms with van der Waals surface area (Å²) >= 11 is 0. The highest BCUT2D eigenvalue weighted by molar-refractivity contribution is 7.89. The van der Waals surface area contributed by atoms with E-state index < -0.39 is 39.4 Å². The molecule has 1 saturated heterocycles. The maximum atomic E-state index is 13.5. The zero-order valence-electron chi connectivity index (χ0n) is 19.1.